The van der Waals surface area contributed by atoms with Gasteiger partial charge in [-0.25, -0.2) is 0 Å². The molecule has 0 aliphatic carbocycles. The van der Waals surface area contributed by atoms with E-state index in [1.807, 2.05) is 30.3 Å². The van der Waals surface area contributed by atoms with E-state index in [1.165, 1.54) is 12.0 Å². The Kier molecular flexibility index (Phi) is 6.26. The number of methoxy groups -OCH3 is 1. The number of carbonyl (C=O) groups is 2. The molecule has 1 N–H and O–H groups in total. The number of alkyl halides is 2. The smallest absolute Gasteiger partial charge is 0.347 e. The molecule has 0 bridgehead atoms. The van der Waals surface area contributed by atoms with Crippen LogP contribution in [0, 0.1) is 0 Å². The van der Waals surface area contributed by atoms with E-state index in [2.05, 4.69) is 5.32 Å². The highest BCUT2D eigenvalue weighted by Crippen LogP contribution is 2.32. The van der Waals surface area contributed by atoms with Gasteiger partial charge in [-0.1, -0.05) is 42.5 Å². The van der Waals surface area contributed by atoms with Gasteiger partial charge >= 0.3 is 5.92 Å². The van der Waals surface area contributed by atoms with Crippen LogP contribution in [-0.4, -0.2) is 29.7 Å². The number of nitrogens with zero attached hydrogens (tertiary/aromatic N) is 1. The van der Waals surface area contributed by atoms with Gasteiger partial charge in [-0.3, -0.25) is 9.59 Å². The molecular weight excluding hydrogens is 378 g/mol. The van der Waals surface area contributed by atoms with Crippen LogP contribution in [0.5, 0.6) is 5.75 Å². The highest BCUT2D eigenvalue weighted by Gasteiger charge is 2.44. The third-order valence-corrected chi connectivity index (χ3v) is 4.74. The summed E-state index contributed by atoms with van der Waals surface area (Å²) in [5.74, 6) is -4.68. The maximum absolute atomic E-state index is 14.7. The van der Waals surface area contributed by atoms with Gasteiger partial charge < -0.3 is 15.0 Å². The predicted molar refractivity (Wildman–Crippen MR) is 104 cm³/mol. The SMILES string of the molecule is COc1ccc(CNC(=O)C(F)(F)C2=CN(Cc3ccccc3)C(=O)CC2)cc1. The summed E-state index contributed by atoms with van der Waals surface area (Å²) >= 11 is 0. The van der Waals surface area contributed by atoms with Crippen LogP contribution in [0.25, 0.3) is 0 Å². The number of hydrogen-bond donors (Lipinski definition) is 1. The van der Waals surface area contributed by atoms with Crippen molar-refractivity contribution in [2.24, 2.45) is 0 Å². The minimum absolute atomic E-state index is 0.0294. The van der Waals surface area contributed by atoms with E-state index in [4.69, 9.17) is 4.74 Å². The molecule has 0 atom stereocenters. The number of carbonyl (C=O) groups excluding carboxylic acids is 2. The Morgan fingerprint density at radius 1 is 1.07 bits per heavy atom. The van der Waals surface area contributed by atoms with Gasteiger partial charge in [0.15, 0.2) is 0 Å². The van der Waals surface area contributed by atoms with Crippen LogP contribution in [0.1, 0.15) is 24.0 Å². The Morgan fingerprint density at radius 3 is 2.41 bits per heavy atom. The molecule has 0 fully saturated rings. The zero-order valence-corrected chi connectivity index (χ0v) is 16.0. The van der Waals surface area contributed by atoms with E-state index < -0.39 is 11.8 Å². The van der Waals surface area contributed by atoms with Gasteiger partial charge in [-0.05, 0) is 29.7 Å². The Bertz CT molecular complexity index is 896. The molecule has 0 saturated heterocycles. The first-order valence-electron chi connectivity index (χ1n) is 9.24. The van der Waals surface area contributed by atoms with Gasteiger partial charge in [-0.2, -0.15) is 8.78 Å². The molecule has 5 nitrogen and oxygen atoms in total. The van der Waals surface area contributed by atoms with Crippen LogP contribution >= 0.6 is 0 Å². The fourth-order valence-corrected chi connectivity index (χ4v) is 3.04. The molecule has 0 radical (unpaired) electrons. The summed E-state index contributed by atoms with van der Waals surface area (Å²) in [6, 6.07) is 15.9. The minimum Gasteiger partial charge on any atom is -0.497 e. The molecule has 29 heavy (non-hydrogen) atoms. The molecular formula is C22H22F2N2O3. The molecule has 2 aromatic carbocycles. The second-order valence-corrected chi connectivity index (χ2v) is 6.77. The van der Waals surface area contributed by atoms with E-state index in [-0.39, 0.29) is 37.4 Å². The van der Waals surface area contributed by atoms with Gasteiger partial charge in [0.1, 0.15) is 5.75 Å². The number of hydrogen-bond acceptors (Lipinski definition) is 3. The van der Waals surface area contributed by atoms with Crippen molar-refractivity contribution in [3.63, 3.8) is 0 Å². The van der Waals surface area contributed by atoms with E-state index >= 15 is 0 Å². The lowest BCUT2D eigenvalue weighted by Gasteiger charge is -2.28. The third kappa shape index (κ3) is 4.99. The summed E-state index contributed by atoms with van der Waals surface area (Å²) in [4.78, 5) is 25.6. The van der Waals surface area contributed by atoms with Crippen molar-refractivity contribution in [3.05, 3.63) is 77.5 Å². The predicted octanol–water partition coefficient (Wildman–Crippen LogP) is 3.65. The Morgan fingerprint density at radius 2 is 1.76 bits per heavy atom. The highest BCUT2D eigenvalue weighted by atomic mass is 19.3. The fraction of sp³-hybridized carbons (Fsp3) is 0.273. The van der Waals surface area contributed by atoms with Crippen molar-refractivity contribution in [1.29, 1.82) is 0 Å². The molecule has 0 aromatic heterocycles. The lowest BCUT2D eigenvalue weighted by Crippen LogP contribution is -2.43. The largest absolute Gasteiger partial charge is 0.497 e. The lowest BCUT2D eigenvalue weighted by atomic mass is 9.99. The maximum Gasteiger partial charge on any atom is 0.347 e. The molecule has 1 aliphatic rings. The van der Waals surface area contributed by atoms with Gasteiger partial charge in [0.2, 0.25) is 5.91 Å². The Labute approximate surface area is 168 Å². The number of benzene rings is 2. The molecule has 1 heterocycles. The summed E-state index contributed by atoms with van der Waals surface area (Å²) in [5.41, 5.74) is 1.14. The molecule has 3 rings (SSSR count). The van der Waals surface area contributed by atoms with E-state index in [0.29, 0.717) is 11.3 Å². The second-order valence-electron chi connectivity index (χ2n) is 6.77. The molecule has 0 spiro atoms. The first kappa shape index (κ1) is 20.5. The first-order chi connectivity index (χ1) is 13.9. The monoisotopic (exact) mass is 400 g/mol. The van der Waals surface area contributed by atoms with E-state index in [1.54, 1.807) is 24.3 Å². The topological polar surface area (TPSA) is 58.6 Å². The molecule has 0 saturated carbocycles. The second kappa shape index (κ2) is 8.86. The van der Waals surface area contributed by atoms with Crippen LogP contribution < -0.4 is 10.1 Å². The number of amides is 2. The van der Waals surface area contributed by atoms with Crippen LogP contribution in [0.3, 0.4) is 0 Å². The Hall–Kier alpha value is -3.22. The number of halogens is 2. The van der Waals surface area contributed by atoms with Crippen LogP contribution in [0.4, 0.5) is 8.78 Å². The summed E-state index contributed by atoms with van der Waals surface area (Å²) in [5, 5.41) is 2.28. The number of nitrogens with one attached hydrogen (secondary N) is 1. The van der Waals surface area contributed by atoms with Crippen molar-refractivity contribution in [3.8, 4) is 5.75 Å². The number of rotatable bonds is 7. The molecule has 2 aromatic rings. The van der Waals surface area contributed by atoms with Crippen molar-refractivity contribution in [2.75, 3.05) is 7.11 Å². The molecule has 1 aliphatic heterocycles. The van der Waals surface area contributed by atoms with Crippen LogP contribution in [0.2, 0.25) is 0 Å². The molecule has 2 amide bonds. The Balaban J connectivity index is 1.68. The van der Waals surface area contributed by atoms with Crippen molar-refractivity contribution in [2.45, 2.75) is 31.9 Å². The molecule has 152 valence electrons. The quantitative estimate of drug-likeness (QED) is 0.772. The van der Waals surface area contributed by atoms with Gasteiger partial charge in [0.05, 0.1) is 13.7 Å². The lowest BCUT2D eigenvalue weighted by molar-refractivity contribution is -0.142. The summed E-state index contributed by atoms with van der Waals surface area (Å²) < 4.78 is 34.5. The molecule has 0 unspecified atom stereocenters. The minimum atomic E-state index is -3.69. The van der Waals surface area contributed by atoms with Crippen molar-refractivity contribution >= 4 is 11.8 Å². The highest BCUT2D eigenvalue weighted by molar-refractivity contribution is 5.88. The molecule has 7 heteroatoms. The zero-order valence-electron chi connectivity index (χ0n) is 16.0. The van der Waals surface area contributed by atoms with Crippen LogP contribution in [0.15, 0.2) is 66.4 Å². The average Bonchev–Trinajstić information content (AvgIpc) is 2.74. The first-order valence-corrected chi connectivity index (χ1v) is 9.24. The summed E-state index contributed by atoms with van der Waals surface area (Å²) in [7, 11) is 1.53. The maximum atomic E-state index is 14.7. The van der Waals surface area contributed by atoms with E-state index in [9.17, 15) is 18.4 Å². The van der Waals surface area contributed by atoms with E-state index in [0.717, 1.165) is 11.8 Å². The number of ether oxygens (including phenoxy) is 1. The van der Waals surface area contributed by atoms with Gasteiger partial charge in [0.25, 0.3) is 5.91 Å². The summed E-state index contributed by atoms with van der Waals surface area (Å²) in [6.07, 6.45) is 0.916. The fourth-order valence-electron chi connectivity index (χ4n) is 3.04. The summed E-state index contributed by atoms with van der Waals surface area (Å²) in [6.45, 7) is 0.158. The average molecular weight is 400 g/mol. The van der Waals surface area contributed by atoms with Gasteiger partial charge in [0, 0.05) is 24.7 Å². The van der Waals surface area contributed by atoms with Gasteiger partial charge in [-0.15, -0.1) is 0 Å². The van der Waals surface area contributed by atoms with Crippen LogP contribution in [-0.2, 0) is 22.7 Å². The van der Waals surface area contributed by atoms with Crippen molar-refractivity contribution in [1.82, 2.24) is 10.2 Å². The third-order valence-electron chi connectivity index (χ3n) is 4.74. The van der Waals surface area contributed by atoms with Crippen molar-refractivity contribution < 1.29 is 23.1 Å². The normalized spacial score (nSPS) is 14.4. The standard InChI is InChI=1S/C22H22F2N2O3/c1-29-19-10-7-16(8-11-19)13-25-21(28)22(23,24)18-9-12-20(27)26(15-18)14-17-5-3-2-4-6-17/h2-8,10-11,15H,9,12-14H2,1H3,(H,25,28). The zero-order chi connectivity index (χ0) is 20.9.